The summed E-state index contributed by atoms with van der Waals surface area (Å²) in [6.45, 7) is -0.0729. The zero-order chi connectivity index (χ0) is 14.8. The van der Waals surface area contributed by atoms with Gasteiger partial charge in [-0.3, -0.25) is 9.59 Å². The van der Waals surface area contributed by atoms with Gasteiger partial charge in [-0.05, 0) is 19.3 Å². The molecule has 6 nitrogen and oxygen atoms in total. The number of rotatable bonds is 4. The minimum atomic E-state index is -3.10. The molecule has 1 unspecified atom stereocenters. The number of amides is 1. The maximum absolute atomic E-state index is 12.5. The lowest BCUT2D eigenvalue weighted by atomic mass is 10.1. The SMILES string of the molecule is COC(=O)CN(C(=O)C1CCS(=O)(=O)C1)C1CCCC1. The number of nitrogens with zero attached hydrogens (tertiary/aromatic N) is 1. The molecule has 0 bridgehead atoms. The van der Waals surface area contributed by atoms with Crippen LogP contribution in [0.5, 0.6) is 0 Å². The van der Waals surface area contributed by atoms with Crippen LogP contribution < -0.4 is 0 Å². The van der Waals surface area contributed by atoms with E-state index in [0.29, 0.717) is 6.42 Å². The van der Waals surface area contributed by atoms with Gasteiger partial charge in [0.2, 0.25) is 5.91 Å². The van der Waals surface area contributed by atoms with E-state index in [0.717, 1.165) is 25.7 Å². The minimum Gasteiger partial charge on any atom is -0.468 e. The number of methoxy groups -OCH3 is 1. The summed E-state index contributed by atoms with van der Waals surface area (Å²) in [5, 5.41) is 0. The summed E-state index contributed by atoms with van der Waals surface area (Å²) in [7, 11) is -1.80. The molecule has 1 saturated carbocycles. The highest BCUT2D eigenvalue weighted by atomic mass is 32.2. The van der Waals surface area contributed by atoms with Gasteiger partial charge in [0, 0.05) is 6.04 Å². The van der Waals surface area contributed by atoms with Crippen molar-refractivity contribution in [2.75, 3.05) is 25.2 Å². The number of hydrogen-bond acceptors (Lipinski definition) is 5. The molecular weight excluding hydrogens is 282 g/mol. The van der Waals surface area contributed by atoms with Gasteiger partial charge in [-0.1, -0.05) is 12.8 Å². The Bertz CT molecular complexity index is 481. The monoisotopic (exact) mass is 303 g/mol. The largest absolute Gasteiger partial charge is 0.468 e. The number of carbonyl (C=O) groups excluding carboxylic acids is 2. The maximum Gasteiger partial charge on any atom is 0.325 e. The van der Waals surface area contributed by atoms with Crippen LogP contribution in [0.1, 0.15) is 32.1 Å². The molecule has 0 aromatic heterocycles. The molecule has 7 heteroatoms. The Labute approximate surface area is 119 Å². The third-order valence-corrected chi connectivity index (χ3v) is 5.93. The number of carbonyl (C=O) groups is 2. The number of hydrogen-bond donors (Lipinski definition) is 0. The van der Waals surface area contributed by atoms with Crippen molar-refractivity contribution in [3.63, 3.8) is 0 Å². The minimum absolute atomic E-state index is 0.0462. The first-order chi connectivity index (χ1) is 9.43. The predicted molar refractivity (Wildman–Crippen MR) is 72.7 cm³/mol. The van der Waals surface area contributed by atoms with Gasteiger partial charge in [-0.15, -0.1) is 0 Å². The Morgan fingerprint density at radius 1 is 1.20 bits per heavy atom. The summed E-state index contributed by atoms with van der Waals surface area (Å²) < 4.78 is 27.7. The van der Waals surface area contributed by atoms with Gasteiger partial charge in [0.05, 0.1) is 24.5 Å². The van der Waals surface area contributed by atoms with Crippen LogP contribution in [0.3, 0.4) is 0 Å². The second-order valence-corrected chi connectivity index (χ2v) is 7.81. The normalized spacial score (nSPS) is 25.6. The van der Waals surface area contributed by atoms with Gasteiger partial charge in [-0.2, -0.15) is 0 Å². The quantitative estimate of drug-likeness (QED) is 0.701. The van der Waals surface area contributed by atoms with E-state index < -0.39 is 21.7 Å². The summed E-state index contributed by atoms with van der Waals surface area (Å²) in [5.41, 5.74) is 0. The van der Waals surface area contributed by atoms with E-state index >= 15 is 0 Å². The van der Waals surface area contributed by atoms with E-state index in [9.17, 15) is 18.0 Å². The van der Waals surface area contributed by atoms with Crippen LogP contribution in [-0.4, -0.2) is 56.4 Å². The first-order valence-corrected chi connectivity index (χ1v) is 8.83. The van der Waals surface area contributed by atoms with Gasteiger partial charge in [0.15, 0.2) is 9.84 Å². The standard InChI is InChI=1S/C13H21NO5S/c1-19-12(15)8-14(11-4-2-3-5-11)13(16)10-6-7-20(17,18)9-10/h10-11H,2-9H2,1H3. The Kier molecular flexibility index (Phi) is 4.67. The first kappa shape index (κ1) is 15.3. The molecule has 20 heavy (non-hydrogen) atoms. The van der Waals surface area contributed by atoms with Crippen molar-refractivity contribution in [2.24, 2.45) is 5.92 Å². The van der Waals surface area contributed by atoms with E-state index in [2.05, 4.69) is 4.74 Å². The van der Waals surface area contributed by atoms with Crippen LogP contribution in [0.2, 0.25) is 0 Å². The third-order valence-electron chi connectivity index (χ3n) is 4.16. The van der Waals surface area contributed by atoms with Crippen molar-refractivity contribution in [3.05, 3.63) is 0 Å². The molecule has 114 valence electrons. The highest BCUT2D eigenvalue weighted by Crippen LogP contribution is 2.27. The molecule has 1 amide bonds. The van der Waals surface area contributed by atoms with Gasteiger partial charge in [0.25, 0.3) is 0 Å². The fourth-order valence-corrected chi connectivity index (χ4v) is 4.76. The molecule has 1 aliphatic heterocycles. The molecule has 2 rings (SSSR count). The van der Waals surface area contributed by atoms with Crippen molar-refractivity contribution in [3.8, 4) is 0 Å². The molecule has 2 aliphatic rings. The zero-order valence-electron chi connectivity index (χ0n) is 11.7. The van der Waals surface area contributed by atoms with E-state index in [1.165, 1.54) is 7.11 Å². The van der Waals surface area contributed by atoms with Crippen LogP contribution in [0, 0.1) is 5.92 Å². The predicted octanol–water partition coefficient (Wildman–Crippen LogP) is 0.365. The number of sulfone groups is 1. The van der Waals surface area contributed by atoms with Gasteiger partial charge >= 0.3 is 5.97 Å². The van der Waals surface area contributed by atoms with Gasteiger partial charge < -0.3 is 9.64 Å². The van der Waals surface area contributed by atoms with Crippen molar-refractivity contribution in [1.29, 1.82) is 0 Å². The summed E-state index contributed by atoms with van der Waals surface area (Å²) in [6.07, 6.45) is 4.20. The van der Waals surface area contributed by atoms with Crippen LogP contribution in [-0.2, 0) is 24.2 Å². The summed E-state index contributed by atoms with van der Waals surface area (Å²) >= 11 is 0. The molecular formula is C13H21NO5S. The Balaban J connectivity index is 2.09. The fraction of sp³-hybridized carbons (Fsp3) is 0.846. The van der Waals surface area contributed by atoms with E-state index in [-0.39, 0.29) is 30.0 Å². The smallest absolute Gasteiger partial charge is 0.325 e. The molecule has 1 aliphatic carbocycles. The Morgan fingerprint density at radius 2 is 1.85 bits per heavy atom. The first-order valence-electron chi connectivity index (χ1n) is 7.00. The van der Waals surface area contributed by atoms with Crippen LogP contribution >= 0.6 is 0 Å². The summed E-state index contributed by atoms with van der Waals surface area (Å²) in [4.78, 5) is 25.6. The molecule has 1 atom stereocenters. The van der Waals surface area contributed by atoms with E-state index in [4.69, 9.17) is 0 Å². The fourth-order valence-electron chi connectivity index (χ4n) is 3.03. The zero-order valence-corrected chi connectivity index (χ0v) is 12.5. The number of ether oxygens (including phenoxy) is 1. The lowest BCUT2D eigenvalue weighted by molar-refractivity contribution is -0.150. The average molecular weight is 303 g/mol. The van der Waals surface area contributed by atoms with Crippen LogP contribution in [0.25, 0.3) is 0 Å². The Hall–Kier alpha value is -1.11. The maximum atomic E-state index is 12.5. The average Bonchev–Trinajstić information content (AvgIpc) is 3.04. The highest BCUT2D eigenvalue weighted by Gasteiger charge is 2.38. The molecule has 0 radical (unpaired) electrons. The van der Waals surface area contributed by atoms with Crippen molar-refractivity contribution < 1.29 is 22.7 Å². The molecule has 0 aromatic rings. The number of esters is 1. The lowest BCUT2D eigenvalue weighted by Gasteiger charge is -2.30. The van der Waals surface area contributed by atoms with Gasteiger partial charge in [0.1, 0.15) is 6.54 Å². The van der Waals surface area contributed by atoms with Crippen molar-refractivity contribution in [2.45, 2.75) is 38.1 Å². The summed E-state index contributed by atoms with van der Waals surface area (Å²) in [6, 6.07) is 0.0462. The lowest BCUT2D eigenvalue weighted by Crippen LogP contribution is -2.45. The Morgan fingerprint density at radius 3 is 2.35 bits per heavy atom. The second kappa shape index (κ2) is 6.11. The van der Waals surface area contributed by atoms with Crippen LogP contribution in [0.4, 0.5) is 0 Å². The molecule has 1 heterocycles. The highest BCUT2D eigenvalue weighted by molar-refractivity contribution is 7.91. The molecule has 1 saturated heterocycles. The van der Waals surface area contributed by atoms with Crippen molar-refractivity contribution >= 4 is 21.7 Å². The van der Waals surface area contributed by atoms with E-state index in [1.807, 2.05) is 0 Å². The molecule has 0 spiro atoms. The topological polar surface area (TPSA) is 80.8 Å². The van der Waals surface area contributed by atoms with Crippen molar-refractivity contribution in [1.82, 2.24) is 4.90 Å². The molecule has 0 aromatic carbocycles. The van der Waals surface area contributed by atoms with Gasteiger partial charge in [-0.25, -0.2) is 8.42 Å². The van der Waals surface area contributed by atoms with Crippen LogP contribution in [0.15, 0.2) is 0 Å². The molecule has 2 fully saturated rings. The summed E-state index contributed by atoms with van der Waals surface area (Å²) in [5.74, 6) is -1.17. The molecule has 0 N–H and O–H groups in total. The third kappa shape index (κ3) is 3.50. The second-order valence-electron chi connectivity index (χ2n) is 5.58. The van der Waals surface area contributed by atoms with E-state index in [1.54, 1.807) is 4.90 Å².